The first-order chi connectivity index (χ1) is 7.25. The molecule has 1 nitrogen and oxygen atoms in total. The summed E-state index contributed by atoms with van der Waals surface area (Å²) in [6.07, 6.45) is 4.08. The monoisotopic (exact) mass is 203 g/mol. The van der Waals surface area contributed by atoms with Gasteiger partial charge in [0.1, 0.15) is 0 Å². The summed E-state index contributed by atoms with van der Waals surface area (Å²) in [6, 6.07) is 11.9. The fraction of sp³-hybridized carbons (Fsp3) is 0.571. The summed E-state index contributed by atoms with van der Waals surface area (Å²) in [5.41, 5.74) is 1.40. The normalized spacial score (nSPS) is 27.9. The molecule has 0 spiro atoms. The van der Waals surface area contributed by atoms with Crippen LogP contribution in [0, 0.1) is 5.92 Å². The molecule has 1 saturated carbocycles. The largest absolute Gasteiger partial charge is 0.307 e. The lowest BCUT2D eigenvalue weighted by molar-refractivity contribution is 0.449. The van der Waals surface area contributed by atoms with E-state index in [0.29, 0.717) is 6.04 Å². The van der Waals surface area contributed by atoms with Crippen LogP contribution in [0.5, 0.6) is 0 Å². The van der Waals surface area contributed by atoms with Gasteiger partial charge < -0.3 is 5.32 Å². The van der Waals surface area contributed by atoms with E-state index < -0.39 is 0 Å². The van der Waals surface area contributed by atoms with Crippen LogP contribution in [0.15, 0.2) is 30.3 Å². The number of nitrogens with one attached hydrogen (secondary N) is 1. The molecule has 0 bridgehead atoms. The Kier molecular flexibility index (Phi) is 3.42. The third-order valence-corrected chi connectivity index (χ3v) is 3.48. The molecule has 15 heavy (non-hydrogen) atoms. The highest BCUT2D eigenvalue weighted by molar-refractivity contribution is 5.18. The van der Waals surface area contributed by atoms with Gasteiger partial charge in [-0.1, -0.05) is 37.3 Å². The first-order valence-corrected chi connectivity index (χ1v) is 6.06. The molecule has 0 amide bonds. The lowest BCUT2D eigenvalue weighted by Crippen LogP contribution is -2.29. The molecular weight excluding hydrogens is 182 g/mol. The lowest BCUT2D eigenvalue weighted by atomic mass is 10.1. The van der Waals surface area contributed by atoms with Crippen LogP contribution in [0.1, 0.15) is 44.7 Å². The van der Waals surface area contributed by atoms with Gasteiger partial charge in [0.2, 0.25) is 0 Å². The van der Waals surface area contributed by atoms with Crippen molar-refractivity contribution < 1.29 is 0 Å². The van der Waals surface area contributed by atoms with Gasteiger partial charge in [0.15, 0.2) is 0 Å². The van der Waals surface area contributed by atoms with E-state index >= 15 is 0 Å². The van der Waals surface area contributed by atoms with Gasteiger partial charge in [-0.2, -0.15) is 0 Å². The Bertz CT molecular complexity index is 293. The van der Waals surface area contributed by atoms with E-state index in [2.05, 4.69) is 49.5 Å². The molecule has 0 saturated heterocycles. The zero-order valence-electron chi connectivity index (χ0n) is 9.74. The van der Waals surface area contributed by atoms with Crippen molar-refractivity contribution in [2.24, 2.45) is 5.92 Å². The predicted molar refractivity (Wildman–Crippen MR) is 64.8 cm³/mol. The van der Waals surface area contributed by atoms with E-state index in [1.807, 2.05) is 0 Å². The van der Waals surface area contributed by atoms with E-state index in [4.69, 9.17) is 0 Å². The van der Waals surface area contributed by atoms with Crippen LogP contribution in [-0.4, -0.2) is 6.04 Å². The maximum Gasteiger partial charge on any atom is 0.0294 e. The summed E-state index contributed by atoms with van der Waals surface area (Å²) in [5.74, 6) is 0.908. The maximum absolute atomic E-state index is 3.73. The van der Waals surface area contributed by atoms with Crippen molar-refractivity contribution in [1.82, 2.24) is 5.32 Å². The Balaban J connectivity index is 1.90. The molecule has 82 valence electrons. The molecule has 0 aromatic heterocycles. The highest BCUT2D eigenvalue weighted by Gasteiger charge is 2.22. The van der Waals surface area contributed by atoms with E-state index in [1.165, 1.54) is 24.8 Å². The Morgan fingerprint density at radius 1 is 1.20 bits per heavy atom. The minimum Gasteiger partial charge on any atom is -0.307 e. The van der Waals surface area contributed by atoms with E-state index in [0.717, 1.165) is 12.0 Å². The van der Waals surface area contributed by atoms with Gasteiger partial charge in [-0.3, -0.25) is 0 Å². The molecule has 3 atom stereocenters. The zero-order chi connectivity index (χ0) is 10.7. The second-order valence-corrected chi connectivity index (χ2v) is 4.91. The van der Waals surface area contributed by atoms with Crippen molar-refractivity contribution in [3.63, 3.8) is 0 Å². The van der Waals surface area contributed by atoms with Crippen molar-refractivity contribution in [3.8, 4) is 0 Å². The fourth-order valence-electron chi connectivity index (χ4n) is 2.55. The highest BCUT2D eigenvalue weighted by atomic mass is 14.9. The smallest absolute Gasteiger partial charge is 0.0294 e. The van der Waals surface area contributed by atoms with Gasteiger partial charge in [-0.05, 0) is 37.7 Å². The van der Waals surface area contributed by atoms with Crippen molar-refractivity contribution >= 4 is 0 Å². The SMILES string of the molecule is C[C@@H]1CC[C@@H](N[C@@H](C)c2ccccc2)C1. The van der Waals surface area contributed by atoms with Gasteiger partial charge >= 0.3 is 0 Å². The summed E-state index contributed by atoms with van der Waals surface area (Å²) in [7, 11) is 0. The standard InChI is InChI=1S/C14H21N/c1-11-8-9-14(10-11)15-12(2)13-6-4-3-5-7-13/h3-7,11-12,14-15H,8-10H2,1-2H3/t11-,12+,14-/m1/s1. The van der Waals surface area contributed by atoms with Gasteiger partial charge in [0, 0.05) is 12.1 Å². The topological polar surface area (TPSA) is 12.0 Å². The number of rotatable bonds is 3. The molecular formula is C14H21N. The van der Waals surface area contributed by atoms with Gasteiger partial charge in [-0.15, -0.1) is 0 Å². The number of hydrogen-bond donors (Lipinski definition) is 1. The number of benzene rings is 1. The first-order valence-electron chi connectivity index (χ1n) is 6.06. The molecule has 1 N–H and O–H groups in total. The van der Waals surface area contributed by atoms with Gasteiger partial charge in [-0.25, -0.2) is 0 Å². The molecule has 1 aromatic carbocycles. The second-order valence-electron chi connectivity index (χ2n) is 4.91. The molecule has 0 heterocycles. The second kappa shape index (κ2) is 4.80. The average Bonchev–Trinajstić information content (AvgIpc) is 2.65. The lowest BCUT2D eigenvalue weighted by Gasteiger charge is -2.19. The van der Waals surface area contributed by atoms with Gasteiger partial charge in [0.05, 0.1) is 0 Å². The van der Waals surface area contributed by atoms with Crippen molar-refractivity contribution in [1.29, 1.82) is 0 Å². The van der Waals surface area contributed by atoms with Crippen LogP contribution in [0.4, 0.5) is 0 Å². The van der Waals surface area contributed by atoms with Crippen molar-refractivity contribution in [2.75, 3.05) is 0 Å². The molecule has 0 unspecified atom stereocenters. The summed E-state index contributed by atoms with van der Waals surface area (Å²) in [4.78, 5) is 0. The Hall–Kier alpha value is -0.820. The van der Waals surface area contributed by atoms with E-state index in [1.54, 1.807) is 0 Å². The minimum atomic E-state index is 0.487. The van der Waals surface area contributed by atoms with Crippen LogP contribution >= 0.6 is 0 Å². The average molecular weight is 203 g/mol. The molecule has 1 fully saturated rings. The Morgan fingerprint density at radius 2 is 1.93 bits per heavy atom. The van der Waals surface area contributed by atoms with Crippen LogP contribution in [-0.2, 0) is 0 Å². The minimum absolute atomic E-state index is 0.487. The Morgan fingerprint density at radius 3 is 2.53 bits per heavy atom. The zero-order valence-corrected chi connectivity index (χ0v) is 9.74. The molecule has 2 rings (SSSR count). The summed E-state index contributed by atoms with van der Waals surface area (Å²) in [5, 5.41) is 3.73. The predicted octanol–water partition coefficient (Wildman–Crippen LogP) is 3.53. The van der Waals surface area contributed by atoms with Crippen molar-refractivity contribution in [3.05, 3.63) is 35.9 Å². The fourth-order valence-corrected chi connectivity index (χ4v) is 2.55. The molecule has 1 aliphatic rings. The molecule has 1 aromatic rings. The third kappa shape index (κ3) is 2.82. The molecule has 0 radical (unpaired) electrons. The summed E-state index contributed by atoms with van der Waals surface area (Å²) in [6.45, 7) is 4.62. The molecule has 1 heteroatoms. The van der Waals surface area contributed by atoms with Crippen LogP contribution < -0.4 is 5.32 Å². The summed E-state index contributed by atoms with van der Waals surface area (Å²) < 4.78 is 0. The maximum atomic E-state index is 3.73. The third-order valence-electron chi connectivity index (χ3n) is 3.48. The van der Waals surface area contributed by atoms with Gasteiger partial charge in [0.25, 0.3) is 0 Å². The quantitative estimate of drug-likeness (QED) is 0.792. The van der Waals surface area contributed by atoms with Crippen LogP contribution in [0.25, 0.3) is 0 Å². The van der Waals surface area contributed by atoms with E-state index in [-0.39, 0.29) is 0 Å². The molecule has 1 aliphatic carbocycles. The highest BCUT2D eigenvalue weighted by Crippen LogP contribution is 2.26. The number of hydrogen-bond acceptors (Lipinski definition) is 1. The van der Waals surface area contributed by atoms with E-state index in [9.17, 15) is 0 Å². The first kappa shape index (κ1) is 10.7. The van der Waals surface area contributed by atoms with Crippen LogP contribution in [0.2, 0.25) is 0 Å². The van der Waals surface area contributed by atoms with Crippen molar-refractivity contribution in [2.45, 2.75) is 45.2 Å². The van der Waals surface area contributed by atoms with Crippen LogP contribution in [0.3, 0.4) is 0 Å². The molecule has 0 aliphatic heterocycles. The Labute approximate surface area is 92.9 Å². The summed E-state index contributed by atoms with van der Waals surface area (Å²) >= 11 is 0.